The summed E-state index contributed by atoms with van der Waals surface area (Å²) in [5.74, 6) is 1.27. The molecule has 0 amide bonds. The van der Waals surface area contributed by atoms with E-state index in [2.05, 4.69) is 18.2 Å². The van der Waals surface area contributed by atoms with Crippen LogP contribution in [0.15, 0.2) is 107 Å². The van der Waals surface area contributed by atoms with Crippen molar-refractivity contribution in [1.82, 2.24) is 0 Å². The zero-order chi connectivity index (χ0) is 23.1. The maximum Gasteiger partial charge on any atom is 0.134 e. The van der Waals surface area contributed by atoms with Gasteiger partial charge in [-0.25, -0.2) is 4.39 Å². The third kappa shape index (κ3) is 3.66. The summed E-state index contributed by atoms with van der Waals surface area (Å²) in [6, 6.07) is 31.1. The minimum Gasteiger partial charge on any atom is -0.497 e. The monoisotopic (exact) mass is 467 g/mol. The number of aliphatic imine (C=N–C) groups is 1. The van der Waals surface area contributed by atoms with Gasteiger partial charge in [0.05, 0.1) is 24.4 Å². The van der Waals surface area contributed by atoms with Gasteiger partial charge < -0.3 is 9.47 Å². The standard InChI is InChI=1S/C29H22FNO2S/c1-32-21-15-16-23-25(17-21)34-29(19-11-13-20(30)14-12-19)26-27(31-23)22-9-5-6-10-24(22)33-28(26)18-7-3-2-4-8-18/h2-17,26,28-29H,1H3. The first-order valence-corrected chi connectivity index (χ1v) is 12.1. The van der Waals surface area contributed by atoms with E-state index in [9.17, 15) is 4.39 Å². The van der Waals surface area contributed by atoms with Crippen molar-refractivity contribution < 1.29 is 13.9 Å². The molecule has 4 aromatic rings. The molecule has 168 valence electrons. The van der Waals surface area contributed by atoms with Crippen LogP contribution in [0.3, 0.4) is 0 Å². The molecule has 0 N–H and O–H groups in total. The van der Waals surface area contributed by atoms with Crippen LogP contribution in [0.25, 0.3) is 0 Å². The van der Waals surface area contributed by atoms with Crippen molar-refractivity contribution in [3.63, 3.8) is 0 Å². The number of fused-ring (bicyclic) bond motifs is 4. The van der Waals surface area contributed by atoms with Crippen molar-refractivity contribution >= 4 is 23.2 Å². The van der Waals surface area contributed by atoms with Crippen LogP contribution >= 0.6 is 11.8 Å². The molecular formula is C29H22FNO2S. The summed E-state index contributed by atoms with van der Waals surface area (Å²) >= 11 is 1.73. The maximum absolute atomic E-state index is 13.9. The van der Waals surface area contributed by atoms with E-state index in [1.807, 2.05) is 66.7 Å². The van der Waals surface area contributed by atoms with Crippen molar-refractivity contribution in [2.75, 3.05) is 7.11 Å². The summed E-state index contributed by atoms with van der Waals surface area (Å²) < 4.78 is 26.0. The number of hydrogen-bond acceptors (Lipinski definition) is 4. The number of hydrogen-bond donors (Lipinski definition) is 0. The van der Waals surface area contributed by atoms with E-state index < -0.39 is 0 Å². The van der Waals surface area contributed by atoms with Gasteiger partial charge in [0.2, 0.25) is 0 Å². The lowest BCUT2D eigenvalue weighted by Gasteiger charge is -2.38. The van der Waals surface area contributed by atoms with Gasteiger partial charge in [-0.3, -0.25) is 4.99 Å². The third-order valence-electron chi connectivity index (χ3n) is 6.37. The van der Waals surface area contributed by atoms with Gasteiger partial charge in [0.25, 0.3) is 0 Å². The zero-order valence-electron chi connectivity index (χ0n) is 18.5. The van der Waals surface area contributed by atoms with Gasteiger partial charge in [-0.1, -0.05) is 54.6 Å². The first kappa shape index (κ1) is 21.0. The van der Waals surface area contributed by atoms with Crippen LogP contribution in [-0.4, -0.2) is 12.8 Å². The Labute approximate surface area is 202 Å². The van der Waals surface area contributed by atoms with Crippen LogP contribution in [0.1, 0.15) is 28.0 Å². The number of para-hydroxylation sites is 1. The molecule has 0 aromatic heterocycles. The van der Waals surface area contributed by atoms with Crippen molar-refractivity contribution in [2.45, 2.75) is 16.2 Å². The second-order valence-electron chi connectivity index (χ2n) is 8.39. The number of benzene rings is 4. The third-order valence-corrected chi connectivity index (χ3v) is 7.77. The molecule has 2 heterocycles. The smallest absolute Gasteiger partial charge is 0.134 e. The molecular weight excluding hydrogens is 445 g/mol. The molecule has 0 bridgehead atoms. The molecule has 2 aliphatic rings. The Hall–Kier alpha value is -3.57. The predicted octanol–water partition coefficient (Wildman–Crippen LogP) is 7.55. The average molecular weight is 468 g/mol. The number of ether oxygens (including phenoxy) is 2. The molecule has 5 heteroatoms. The molecule has 4 aromatic carbocycles. The summed E-state index contributed by atoms with van der Waals surface area (Å²) in [7, 11) is 1.67. The highest BCUT2D eigenvalue weighted by Gasteiger charge is 2.44. The van der Waals surface area contributed by atoms with Crippen LogP contribution in [0.4, 0.5) is 10.1 Å². The van der Waals surface area contributed by atoms with E-state index in [4.69, 9.17) is 14.5 Å². The summed E-state index contributed by atoms with van der Waals surface area (Å²) in [5.41, 5.74) is 5.01. The maximum atomic E-state index is 13.9. The molecule has 0 fully saturated rings. The van der Waals surface area contributed by atoms with Gasteiger partial charge in [-0.15, -0.1) is 11.8 Å². The Morgan fingerprint density at radius 2 is 1.62 bits per heavy atom. The van der Waals surface area contributed by atoms with Crippen LogP contribution in [-0.2, 0) is 0 Å². The SMILES string of the molecule is COc1ccc2c(c1)SC(c1ccc(F)cc1)C1C(=N2)c2ccccc2OC1c1ccccc1. The Morgan fingerprint density at radius 3 is 2.41 bits per heavy atom. The van der Waals surface area contributed by atoms with Gasteiger partial charge in [0.1, 0.15) is 23.4 Å². The molecule has 0 saturated carbocycles. The molecule has 3 unspecified atom stereocenters. The Morgan fingerprint density at radius 1 is 0.853 bits per heavy atom. The molecule has 0 saturated heterocycles. The second-order valence-corrected chi connectivity index (χ2v) is 9.58. The Kier molecular flexibility index (Phi) is 5.34. The molecule has 0 spiro atoms. The van der Waals surface area contributed by atoms with E-state index in [-0.39, 0.29) is 23.1 Å². The first-order valence-electron chi connectivity index (χ1n) is 11.2. The van der Waals surface area contributed by atoms with E-state index in [0.717, 1.165) is 44.5 Å². The fourth-order valence-corrected chi connectivity index (χ4v) is 6.15. The van der Waals surface area contributed by atoms with Crippen LogP contribution in [0, 0.1) is 11.7 Å². The average Bonchev–Trinajstić information content (AvgIpc) is 3.06. The lowest BCUT2D eigenvalue weighted by Crippen LogP contribution is -2.35. The molecule has 3 nitrogen and oxygen atoms in total. The van der Waals surface area contributed by atoms with Crippen LogP contribution in [0.2, 0.25) is 0 Å². The fraction of sp³-hybridized carbons (Fsp3) is 0.138. The molecule has 2 aliphatic heterocycles. The lowest BCUT2D eigenvalue weighted by atomic mass is 9.80. The summed E-state index contributed by atoms with van der Waals surface area (Å²) in [5, 5.41) is -0.0498. The fourth-order valence-electron chi connectivity index (χ4n) is 4.74. The zero-order valence-corrected chi connectivity index (χ0v) is 19.3. The number of methoxy groups -OCH3 is 1. The molecule has 34 heavy (non-hydrogen) atoms. The van der Waals surface area contributed by atoms with Gasteiger partial charge in [0, 0.05) is 15.7 Å². The highest BCUT2D eigenvalue weighted by Crippen LogP contribution is 2.55. The highest BCUT2D eigenvalue weighted by molar-refractivity contribution is 7.99. The largest absolute Gasteiger partial charge is 0.497 e. The minimum absolute atomic E-state index is 0.0498. The van der Waals surface area contributed by atoms with Gasteiger partial charge in [-0.2, -0.15) is 0 Å². The van der Waals surface area contributed by atoms with E-state index in [1.165, 1.54) is 12.1 Å². The molecule has 0 radical (unpaired) electrons. The number of rotatable bonds is 3. The Bertz CT molecular complexity index is 1370. The van der Waals surface area contributed by atoms with Crippen molar-refractivity contribution in [3.05, 3.63) is 120 Å². The van der Waals surface area contributed by atoms with Crippen LogP contribution < -0.4 is 9.47 Å². The summed E-state index contributed by atoms with van der Waals surface area (Å²) in [6.45, 7) is 0. The minimum atomic E-state index is -0.247. The number of thioether (sulfide) groups is 1. The van der Waals surface area contributed by atoms with Gasteiger partial charge in [0.15, 0.2) is 0 Å². The second kappa shape index (κ2) is 8.65. The van der Waals surface area contributed by atoms with E-state index in [1.54, 1.807) is 18.9 Å². The van der Waals surface area contributed by atoms with Crippen LogP contribution in [0.5, 0.6) is 11.5 Å². The summed E-state index contributed by atoms with van der Waals surface area (Å²) in [4.78, 5) is 6.26. The summed E-state index contributed by atoms with van der Waals surface area (Å²) in [6.07, 6.45) is -0.242. The molecule has 6 rings (SSSR count). The van der Waals surface area contributed by atoms with Gasteiger partial charge >= 0.3 is 0 Å². The highest BCUT2D eigenvalue weighted by atomic mass is 32.2. The van der Waals surface area contributed by atoms with Crippen molar-refractivity contribution in [3.8, 4) is 11.5 Å². The topological polar surface area (TPSA) is 30.8 Å². The quantitative estimate of drug-likeness (QED) is 0.312. The lowest BCUT2D eigenvalue weighted by molar-refractivity contribution is 0.156. The molecule has 0 aliphatic carbocycles. The van der Waals surface area contributed by atoms with E-state index in [0.29, 0.717) is 0 Å². The van der Waals surface area contributed by atoms with E-state index >= 15 is 0 Å². The van der Waals surface area contributed by atoms with Crippen molar-refractivity contribution in [1.29, 1.82) is 0 Å². The van der Waals surface area contributed by atoms with Gasteiger partial charge in [-0.05, 0) is 53.6 Å². The molecule has 3 atom stereocenters. The van der Waals surface area contributed by atoms with Crippen molar-refractivity contribution in [2.24, 2.45) is 10.9 Å². The normalized spacial score (nSPS) is 20.6. The predicted molar refractivity (Wildman–Crippen MR) is 134 cm³/mol. The number of nitrogens with zero attached hydrogens (tertiary/aromatic N) is 1. The Balaban J connectivity index is 1.61. The number of halogens is 1. The first-order chi connectivity index (χ1) is 16.7.